The lowest BCUT2D eigenvalue weighted by Crippen LogP contribution is -2.28. The van der Waals surface area contributed by atoms with Crippen LogP contribution in [0.3, 0.4) is 0 Å². The Balaban J connectivity index is 1.77. The van der Waals surface area contributed by atoms with Crippen LogP contribution in [-0.2, 0) is 11.2 Å². The van der Waals surface area contributed by atoms with Gasteiger partial charge in [0.2, 0.25) is 0 Å². The minimum absolute atomic E-state index is 0.261. The van der Waals surface area contributed by atoms with Crippen molar-refractivity contribution < 1.29 is 19.4 Å². The number of rotatable bonds is 9. The average molecular weight is 435 g/mol. The number of benzene rings is 3. The van der Waals surface area contributed by atoms with Crippen LogP contribution in [0.25, 0.3) is 6.08 Å². The van der Waals surface area contributed by atoms with E-state index in [9.17, 15) is 14.7 Å². The molecule has 1 N–H and O–H groups in total. The molecule has 4 nitrogen and oxygen atoms in total. The number of hydrogen-bond acceptors (Lipinski definition) is 3. The second-order valence-electron chi connectivity index (χ2n) is 7.22. The van der Waals surface area contributed by atoms with Crippen molar-refractivity contribution >= 4 is 29.4 Å². The standard InChI is InChI=1S/C26H23ClO4/c1-18-7-15-24(31-25(26(29)30)16-11-19-5-3-2-4-6-19)22(17-18)23(28)14-10-20-8-12-21(27)13-9-20/h2-10,12-15,17,25H,11,16H2,1H3,(H,29,30)/b14-10+. The molecule has 31 heavy (non-hydrogen) atoms. The summed E-state index contributed by atoms with van der Waals surface area (Å²) in [4.78, 5) is 24.6. The first-order chi connectivity index (χ1) is 14.9. The zero-order chi connectivity index (χ0) is 22.2. The van der Waals surface area contributed by atoms with Crippen LogP contribution in [-0.4, -0.2) is 23.0 Å². The second-order valence-corrected chi connectivity index (χ2v) is 7.65. The molecule has 0 aliphatic carbocycles. The number of ether oxygens (including phenoxy) is 1. The van der Waals surface area contributed by atoms with Crippen LogP contribution in [0.4, 0.5) is 0 Å². The van der Waals surface area contributed by atoms with Crippen molar-refractivity contribution in [1.82, 2.24) is 0 Å². The highest BCUT2D eigenvalue weighted by atomic mass is 35.5. The van der Waals surface area contributed by atoms with E-state index in [1.165, 1.54) is 6.08 Å². The van der Waals surface area contributed by atoms with E-state index >= 15 is 0 Å². The smallest absolute Gasteiger partial charge is 0.344 e. The van der Waals surface area contributed by atoms with Crippen molar-refractivity contribution in [1.29, 1.82) is 0 Å². The van der Waals surface area contributed by atoms with Crippen molar-refractivity contribution in [2.45, 2.75) is 25.9 Å². The van der Waals surface area contributed by atoms with Gasteiger partial charge in [0, 0.05) is 5.02 Å². The summed E-state index contributed by atoms with van der Waals surface area (Å²) in [6, 6.07) is 21.9. The molecule has 0 heterocycles. The number of carbonyl (C=O) groups is 2. The Morgan fingerprint density at radius 3 is 2.42 bits per heavy atom. The molecule has 3 aromatic rings. The van der Waals surface area contributed by atoms with Gasteiger partial charge in [-0.05, 0) is 61.2 Å². The fraction of sp³-hybridized carbons (Fsp3) is 0.154. The third kappa shape index (κ3) is 6.56. The Morgan fingerprint density at radius 2 is 1.74 bits per heavy atom. The van der Waals surface area contributed by atoms with E-state index in [-0.39, 0.29) is 11.5 Å². The van der Waals surface area contributed by atoms with Crippen LogP contribution in [0.15, 0.2) is 78.9 Å². The van der Waals surface area contributed by atoms with Crippen molar-refractivity contribution in [3.05, 3.63) is 106 Å². The van der Waals surface area contributed by atoms with E-state index in [4.69, 9.17) is 16.3 Å². The molecule has 3 rings (SSSR count). The van der Waals surface area contributed by atoms with Gasteiger partial charge in [0.25, 0.3) is 0 Å². The van der Waals surface area contributed by atoms with Gasteiger partial charge in [0.1, 0.15) is 5.75 Å². The molecule has 0 aliphatic rings. The predicted octanol–water partition coefficient (Wildman–Crippen LogP) is 6.01. The number of halogens is 1. The van der Waals surface area contributed by atoms with Gasteiger partial charge in [0.05, 0.1) is 5.56 Å². The molecule has 0 bridgehead atoms. The second kappa shape index (κ2) is 10.6. The van der Waals surface area contributed by atoms with Crippen LogP contribution in [0.2, 0.25) is 5.02 Å². The molecule has 0 aliphatic heterocycles. The van der Waals surface area contributed by atoms with E-state index in [2.05, 4.69) is 0 Å². The summed E-state index contributed by atoms with van der Waals surface area (Å²) in [6.07, 6.45) is 2.93. The fourth-order valence-corrected chi connectivity index (χ4v) is 3.23. The summed E-state index contributed by atoms with van der Waals surface area (Å²) in [5.74, 6) is -1.07. The highest BCUT2D eigenvalue weighted by Gasteiger charge is 2.22. The first kappa shape index (κ1) is 22.3. The highest BCUT2D eigenvalue weighted by molar-refractivity contribution is 6.30. The van der Waals surface area contributed by atoms with Gasteiger partial charge in [-0.2, -0.15) is 0 Å². The van der Waals surface area contributed by atoms with E-state index in [1.54, 1.807) is 36.4 Å². The lowest BCUT2D eigenvalue weighted by atomic mass is 10.0. The lowest BCUT2D eigenvalue weighted by molar-refractivity contribution is -0.145. The fourth-order valence-electron chi connectivity index (χ4n) is 3.10. The molecule has 158 valence electrons. The van der Waals surface area contributed by atoms with Crippen LogP contribution < -0.4 is 4.74 Å². The molecule has 0 saturated carbocycles. The van der Waals surface area contributed by atoms with E-state index < -0.39 is 12.1 Å². The Bertz CT molecular complexity index is 1070. The molecular weight excluding hydrogens is 412 g/mol. The summed E-state index contributed by atoms with van der Waals surface area (Å²) in [6.45, 7) is 1.87. The van der Waals surface area contributed by atoms with Gasteiger partial charge < -0.3 is 9.84 Å². The third-order valence-electron chi connectivity index (χ3n) is 4.78. The number of carboxylic acid groups (broad SMARTS) is 1. The molecular formula is C26H23ClO4. The maximum Gasteiger partial charge on any atom is 0.344 e. The summed E-state index contributed by atoms with van der Waals surface area (Å²) in [5.41, 5.74) is 3.07. The zero-order valence-corrected chi connectivity index (χ0v) is 17.9. The van der Waals surface area contributed by atoms with Gasteiger partial charge >= 0.3 is 5.97 Å². The molecule has 1 atom stereocenters. The van der Waals surface area contributed by atoms with Gasteiger partial charge in [-0.3, -0.25) is 4.79 Å². The molecule has 0 saturated heterocycles. The van der Waals surface area contributed by atoms with Crippen LogP contribution in [0.1, 0.15) is 33.5 Å². The number of allylic oxidation sites excluding steroid dienone is 1. The Labute approximate surface area is 186 Å². The first-order valence-corrected chi connectivity index (χ1v) is 10.3. The Hall–Kier alpha value is -3.37. The van der Waals surface area contributed by atoms with Crippen LogP contribution in [0, 0.1) is 6.92 Å². The van der Waals surface area contributed by atoms with Gasteiger partial charge in [0.15, 0.2) is 11.9 Å². The number of carbonyl (C=O) groups excluding carboxylic acids is 1. The average Bonchev–Trinajstić information content (AvgIpc) is 2.77. The van der Waals surface area contributed by atoms with Crippen LogP contribution in [0.5, 0.6) is 5.75 Å². The zero-order valence-electron chi connectivity index (χ0n) is 17.1. The van der Waals surface area contributed by atoms with E-state index in [0.717, 1.165) is 16.7 Å². The van der Waals surface area contributed by atoms with Gasteiger partial charge in [-0.1, -0.05) is 71.8 Å². The normalized spacial score (nSPS) is 11.9. The summed E-state index contributed by atoms with van der Waals surface area (Å²) in [5, 5.41) is 10.3. The van der Waals surface area contributed by atoms with Gasteiger partial charge in [-0.25, -0.2) is 4.79 Å². The van der Waals surface area contributed by atoms with Gasteiger partial charge in [-0.15, -0.1) is 0 Å². The SMILES string of the molecule is Cc1ccc(OC(CCc2ccccc2)C(=O)O)c(C(=O)/C=C/c2ccc(Cl)cc2)c1. The predicted molar refractivity (Wildman–Crippen MR) is 123 cm³/mol. The molecule has 0 fully saturated rings. The quantitative estimate of drug-likeness (QED) is 0.331. The van der Waals surface area contributed by atoms with Crippen molar-refractivity contribution in [2.75, 3.05) is 0 Å². The molecule has 0 radical (unpaired) electrons. The molecule has 0 spiro atoms. The molecule has 5 heteroatoms. The van der Waals surface area contributed by atoms with Crippen molar-refractivity contribution in [3.63, 3.8) is 0 Å². The van der Waals surface area contributed by atoms with Crippen molar-refractivity contribution in [2.24, 2.45) is 0 Å². The summed E-state index contributed by atoms with van der Waals surface area (Å²) in [7, 11) is 0. The maximum atomic E-state index is 12.8. The lowest BCUT2D eigenvalue weighted by Gasteiger charge is -2.17. The number of hydrogen-bond donors (Lipinski definition) is 1. The van der Waals surface area contributed by atoms with Crippen molar-refractivity contribution in [3.8, 4) is 5.75 Å². The minimum atomic E-state index is -1.06. The molecule has 3 aromatic carbocycles. The topological polar surface area (TPSA) is 63.6 Å². The maximum absolute atomic E-state index is 12.8. The highest BCUT2D eigenvalue weighted by Crippen LogP contribution is 2.24. The number of aliphatic carboxylic acids is 1. The Kier molecular flexibility index (Phi) is 7.63. The summed E-state index contributed by atoms with van der Waals surface area (Å²) >= 11 is 5.89. The third-order valence-corrected chi connectivity index (χ3v) is 5.03. The van der Waals surface area contributed by atoms with Crippen LogP contribution >= 0.6 is 11.6 Å². The largest absolute Gasteiger partial charge is 0.479 e. The number of carboxylic acids is 1. The number of ketones is 1. The Morgan fingerprint density at radius 1 is 1.03 bits per heavy atom. The molecule has 1 unspecified atom stereocenters. The number of aryl methyl sites for hydroxylation is 2. The minimum Gasteiger partial charge on any atom is -0.479 e. The summed E-state index contributed by atoms with van der Waals surface area (Å²) < 4.78 is 5.80. The first-order valence-electron chi connectivity index (χ1n) is 9.94. The van der Waals surface area contributed by atoms with E-state index in [0.29, 0.717) is 23.4 Å². The van der Waals surface area contributed by atoms with E-state index in [1.807, 2.05) is 49.4 Å². The molecule has 0 amide bonds. The monoisotopic (exact) mass is 434 g/mol. The molecule has 0 aromatic heterocycles.